The van der Waals surface area contributed by atoms with Gasteiger partial charge < -0.3 is 10.6 Å². The molecule has 0 aromatic rings. The molecule has 1 aliphatic carbocycles. The highest BCUT2D eigenvalue weighted by Gasteiger charge is 2.35. The zero-order valence-electron chi connectivity index (χ0n) is 13.1. The molecule has 2 rings (SSSR count). The van der Waals surface area contributed by atoms with Gasteiger partial charge in [0.2, 0.25) is 0 Å². The van der Waals surface area contributed by atoms with E-state index in [4.69, 9.17) is 0 Å². The van der Waals surface area contributed by atoms with Gasteiger partial charge in [-0.15, -0.1) is 0 Å². The van der Waals surface area contributed by atoms with Crippen molar-refractivity contribution in [1.29, 1.82) is 0 Å². The standard InChI is InChI=1S/C15H30N4/c1-6-16-15(17-13-7-11(13)4)18-14-9-19(10(2)3)8-12(14)5/h10-14H,6-9H2,1-5H3,(H2,16,17,18). The predicted molar refractivity (Wildman–Crippen MR) is 81.5 cm³/mol. The zero-order valence-corrected chi connectivity index (χ0v) is 13.1. The number of hydrogen-bond acceptors (Lipinski definition) is 2. The Morgan fingerprint density at radius 3 is 2.26 bits per heavy atom. The highest BCUT2D eigenvalue weighted by atomic mass is 15.3. The molecule has 0 amide bonds. The van der Waals surface area contributed by atoms with E-state index in [0.717, 1.165) is 25.0 Å². The van der Waals surface area contributed by atoms with Crippen molar-refractivity contribution >= 4 is 5.96 Å². The summed E-state index contributed by atoms with van der Waals surface area (Å²) in [5.41, 5.74) is 0. The molecule has 0 aromatic carbocycles. The number of guanidine groups is 1. The van der Waals surface area contributed by atoms with Crippen LogP contribution in [-0.4, -0.2) is 48.6 Å². The van der Waals surface area contributed by atoms with Crippen LogP contribution in [0, 0.1) is 11.8 Å². The molecule has 0 aromatic heterocycles. The zero-order chi connectivity index (χ0) is 14.0. The summed E-state index contributed by atoms with van der Waals surface area (Å²) in [7, 11) is 0. The smallest absolute Gasteiger partial charge is 0.191 e. The van der Waals surface area contributed by atoms with Gasteiger partial charge in [0.15, 0.2) is 5.96 Å². The average molecular weight is 266 g/mol. The van der Waals surface area contributed by atoms with Crippen molar-refractivity contribution in [2.45, 2.75) is 59.2 Å². The minimum absolute atomic E-state index is 0.522. The van der Waals surface area contributed by atoms with Crippen LogP contribution in [0.2, 0.25) is 0 Å². The number of rotatable bonds is 4. The van der Waals surface area contributed by atoms with Crippen molar-refractivity contribution in [2.24, 2.45) is 16.8 Å². The predicted octanol–water partition coefficient (Wildman–Crippen LogP) is 1.68. The largest absolute Gasteiger partial charge is 0.353 e. The van der Waals surface area contributed by atoms with Crippen LogP contribution in [0.3, 0.4) is 0 Å². The fraction of sp³-hybridized carbons (Fsp3) is 0.933. The lowest BCUT2D eigenvalue weighted by molar-refractivity contribution is 0.265. The molecule has 1 saturated carbocycles. The maximum Gasteiger partial charge on any atom is 0.191 e. The SMILES string of the molecule is CCN=C(NC1CC1C)NC1CN(C(C)C)CC1C. The quantitative estimate of drug-likeness (QED) is 0.601. The molecule has 4 nitrogen and oxygen atoms in total. The van der Waals surface area contributed by atoms with Gasteiger partial charge in [0.25, 0.3) is 0 Å². The van der Waals surface area contributed by atoms with Crippen molar-refractivity contribution in [1.82, 2.24) is 15.5 Å². The number of aliphatic imine (C=N–C) groups is 1. The molecular weight excluding hydrogens is 236 g/mol. The van der Waals surface area contributed by atoms with Crippen molar-refractivity contribution in [2.75, 3.05) is 19.6 Å². The normalized spacial score (nSPS) is 35.8. The molecule has 2 N–H and O–H groups in total. The molecular formula is C15H30N4. The van der Waals surface area contributed by atoms with Gasteiger partial charge in [-0.25, -0.2) is 0 Å². The maximum absolute atomic E-state index is 4.58. The lowest BCUT2D eigenvalue weighted by Crippen LogP contribution is -2.47. The fourth-order valence-corrected chi connectivity index (χ4v) is 2.78. The van der Waals surface area contributed by atoms with E-state index in [-0.39, 0.29) is 0 Å². The summed E-state index contributed by atoms with van der Waals surface area (Å²) < 4.78 is 0. The summed E-state index contributed by atoms with van der Waals surface area (Å²) in [5.74, 6) is 2.50. The lowest BCUT2D eigenvalue weighted by atomic mass is 10.1. The molecule has 1 aliphatic heterocycles. The molecule has 110 valence electrons. The van der Waals surface area contributed by atoms with Gasteiger partial charge in [-0.05, 0) is 39.0 Å². The molecule has 4 heteroatoms. The van der Waals surface area contributed by atoms with Gasteiger partial charge in [0, 0.05) is 37.8 Å². The Balaban J connectivity index is 1.88. The van der Waals surface area contributed by atoms with E-state index < -0.39 is 0 Å². The lowest BCUT2D eigenvalue weighted by Gasteiger charge is -2.22. The third-order valence-electron chi connectivity index (χ3n) is 4.44. The Labute approximate surface area is 118 Å². The summed E-state index contributed by atoms with van der Waals surface area (Å²) >= 11 is 0. The van der Waals surface area contributed by atoms with Crippen LogP contribution in [0.4, 0.5) is 0 Å². The first-order valence-electron chi connectivity index (χ1n) is 7.82. The molecule has 0 spiro atoms. The first-order valence-corrected chi connectivity index (χ1v) is 7.82. The van der Waals surface area contributed by atoms with Gasteiger partial charge >= 0.3 is 0 Å². The van der Waals surface area contributed by atoms with Crippen molar-refractivity contribution in [3.05, 3.63) is 0 Å². The summed E-state index contributed by atoms with van der Waals surface area (Å²) in [6.45, 7) is 14.4. The van der Waals surface area contributed by atoms with Gasteiger partial charge in [-0.3, -0.25) is 9.89 Å². The second-order valence-electron chi connectivity index (χ2n) is 6.56. The highest BCUT2D eigenvalue weighted by Crippen LogP contribution is 2.29. The van der Waals surface area contributed by atoms with Crippen LogP contribution < -0.4 is 10.6 Å². The Morgan fingerprint density at radius 2 is 1.79 bits per heavy atom. The first kappa shape index (κ1) is 14.6. The monoisotopic (exact) mass is 266 g/mol. The number of nitrogens with one attached hydrogen (secondary N) is 2. The molecule has 4 atom stereocenters. The van der Waals surface area contributed by atoms with E-state index in [2.05, 4.69) is 55.1 Å². The Morgan fingerprint density at radius 1 is 1.16 bits per heavy atom. The molecule has 0 radical (unpaired) electrons. The molecule has 19 heavy (non-hydrogen) atoms. The van der Waals surface area contributed by atoms with Crippen molar-refractivity contribution in [3.8, 4) is 0 Å². The van der Waals surface area contributed by atoms with Crippen LogP contribution in [0.25, 0.3) is 0 Å². The van der Waals surface area contributed by atoms with Gasteiger partial charge in [0.1, 0.15) is 0 Å². The highest BCUT2D eigenvalue weighted by molar-refractivity contribution is 5.80. The first-order chi connectivity index (χ1) is 9.01. The van der Waals surface area contributed by atoms with Crippen LogP contribution in [0.1, 0.15) is 41.0 Å². The summed E-state index contributed by atoms with van der Waals surface area (Å²) in [5, 5.41) is 7.19. The second kappa shape index (κ2) is 6.12. The number of nitrogens with zero attached hydrogens (tertiary/aromatic N) is 2. The average Bonchev–Trinajstić information content (AvgIpc) is 2.88. The minimum atomic E-state index is 0.522. The molecule has 2 fully saturated rings. The van der Waals surface area contributed by atoms with E-state index in [1.165, 1.54) is 13.0 Å². The number of hydrogen-bond donors (Lipinski definition) is 2. The molecule has 4 unspecified atom stereocenters. The van der Waals surface area contributed by atoms with Gasteiger partial charge in [-0.2, -0.15) is 0 Å². The van der Waals surface area contributed by atoms with E-state index in [0.29, 0.717) is 24.0 Å². The Kier molecular flexibility index (Phi) is 4.71. The van der Waals surface area contributed by atoms with E-state index >= 15 is 0 Å². The van der Waals surface area contributed by atoms with Crippen LogP contribution in [0.5, 0.6) is 0 Å². The fourth-order valence-electron chi connectivity index (χ4n) is 2.78. The topological polar surface area (TPSA) is 39.7 Å². The van der Waals surface area contributed by atoms with Crippen LogP contribution in [-0.2, 0) is 0 Å². The molecule has 0 bridgehead atoms. The third-order valence-corrected chi connectivity index (χ3v) is 4.44. The van der Waals surface area contributed by atoms with Crippen LogP contribution in [0.15, 0.2) is 4.99 Å². The van der Waals surface area contributed by atoms with E-state index in [1.54, 1.807) is 0 Å². The Hall–Kier alpha value is -0.770. The summed E-state index contributed by atoms with van der Waals surface area (Å²) in [4.78, 5) is 7.13. The van der Waals surface area contributed by atoms with Crippen molar-refractivity contribution < 1.29 is 0 Å². The van der Waals surface area contributed by atoms with Gasteiger partial charge in [0.05, 0.1) is 0 Å². The van der Waals surface area contributed by atoms with Gasteiger partial charge in [-0.1, -0.05) is 13.8 Å². The van der Waals surface area contributed by atoms with Crippen molar-refractivity contribution in [3.63, 3.8) is 0 Å². The van der Waals surface area contributed by atoms with Crippen LogP contribution >= 0.6 is 0 Å². The minimum Gasteiger partial charge on any atom is -0.353 e. The summed E-state index contributed by atoms with van der Waals surface area (Å²) in [6.07, 6.45) is 1.28. The molecule has 1 heterocycles. The van der Waals surface area contributed by atoms with E-state index in [9.17, 15) is 0 Å². The summed E-state index contributed by atoms with van der Waals surface area (Å²) in [6, 6.07) is 1.79. The molecule has 1 saturated heterocycles. The number of likely N-dealkylation sites (tertiary alicyclic amines) is 1. The van der Waals surface area contributed by atoms with E-state index in [1.807, 2.05) is 0 Å². The maximum atomic E-state index is 4.58. The molecule has 2 aliphatic rings. The second-order valence-corrected chi connectivity index (χ2v) is 6.56. The Bertz CT molecular complexity index is 326. The third kappa shape index (κ3) is 3.85.